The van der Waals surface area contributed by atoms with Gasteiger partial charge in [0.05, 0.1) is 0 Å². The van der Waals surface area contributed by atoms with Gasteiger partial charge in [-0.25, -0.2) is 4.79 Å². The van der Waals surface area contributed by atoms with Gasteiger partial charge in [0.2, 0.25) is 5.91 Å². The van der Waals surface area contributed by atoms with Gasteiger partial charge in [-0.15, -0.1) is 0 Å². The summed E-state index contributed by atoms with van der Waals surface area (Å²) in [5, 5.41) is 7.75. The molecule has 1 saturated carbocycles. The Morgan fingerprint density at radius 3 is 2.36 bits per heavy atom. The van der Waals surface area contributed by atoms with Gasteiger partial charge in [-0.05, 0) is 37.5 Å². The van der Waals surface area contributed by atoms with Crippen molar-refractivity contribution < 1.29 is 14.4 Å². The van der Waals surface area contributed by atoms with Crippen LogP contribution in [0, 0.1) is 5.92 Å². The molecule has 2 aliphatic rings. The Morgan fingerprint density at radius 1 is 1.18 bits per heavy atom. The summed E-state index contributed by atoms with van der Waals surface area (Å²) in [5.41, 5.74) is 0.314. The second kappa shape index (κ2) is 5.44. The molecule has 3 N–H and O–H groups in total. The first-order valence-corrected chi connectivity index (χ1v) is 7.54. The van der Waals surface area contributed by atoms with E-state index >= 15 is 0 Å². The van der Waals surface area contributed by atoms with Crippen LogP contribution >= 0.6 is 0 Å². The van der Waals surface area contributed by atoms with E-state index in [0.29, 0.717) is 11.3 Å². The summed E-state index contributed by atoms with van der Waals surface area (Å²) in [7, 11) is 0. The molecule has 0 bridgehead atoms. The molecule has 0 radical (unpaired) electrons. The standard InChI is InChI=1S/C16H19N3O3/c1-16(14(21)18-15(22)19-16)11-6-8-12(9-7-11)17-13(20)10-4-2-3-5-10/h6-10H,2-5H2,1H3,(H,17,20)(H2,18,19,21,22)/t16-/m1/s1. The van der Waals surface area contributed by atoms with E-state index in [0.717, 1.165) is 25.7 Å². The van der Waals surface area contributed by atoms with Crippen molar-refractivity contribution in [3.05, 3.63) is 29.8 Å². The highest BCUT2D eigenvalue weighted by Gasteiger charge is 2.43. The van der Waals surface area contributed by atoms with E-state index in [4.69, 9.17) is 0 Å². The van der Waals surface area contributed by atoms with Crippen LogP contribution in [0.2, 0.25) is 0 Å². The Bertz CT molecular complexity index is 620. The number of imide groups is 1. The highest BCUT2D eigenvalue weighted by Crippen LogP contribution is 2.28. The lowest BCUT2D eigenvalue weighted by atomic mass is 9.92. The quantitative estimate of drug-likeness (QED) is 0.745. The molecule has 1 aromatic carbocycles. The molecule has 1 aliphatic carbocycles. The zero-order valence-corrected chi connectivity index (χ0v) is 12.4. The van der Waals surface area contributed by atoms with Crippen LogP contribution in [-0.4, -0.2) is 17.8 Å². The first-order chi connectivity index (χ1) is 10.5. The Labute approximate surface area is 128 Å². The highest BCUT2D eigenvalue weighted by molar-refractivity contribution is 6.07. The second-order valence-corrected chi connectivity index (χ2v) is 6.08. The first kappa shape index (κ1) is 14.6. The highest BCUT2D eigenvalue weighted by atomic mass is 16.2. The predicted molar refractivity (Wildman–Crippen MR) is 81.1 cm³/mol. The third kappa shape index (κ3) is 2.56. The van der Waals surface area contributed by atoms with Crippen molar-refractivity contribution in [2.75, 3.05) is 5.32 Å². The maximum absolute atomic E-state index is 12.1. The molecule has 116 valence electrons. The van der Waals surface area contributed by atoms with E-state index in [9.17, 15) is 14.4 Å². The Balaban J connectivity index is 1.71. The third-order valence-corrected chi connectivity index (χ3v) is 4.50. The maximum atomic E-state index is 12.1. The summed E-state index contributed by atoms with van der Waals surface area (Å²) in [6.45, 7) is 1.65. The minimum absolute atomic E-state index is 0.0587. The van der Waals surface area contributed by atoms with Gasteiger partial charge in [-0.1, -0.05) is 25.0 Å². The molecule has 1 saturated heterocycles. The Hall–Kier alpha value is -2.37. The van der Waals surface area contributed by atoms with E-state index in [-0.39, 0.29) is 17.7 Å². The minimum Gasteiger partial charge on any atom is -0.326 e. The molecule has 2 fully saturated rings. The normalized spacial score (nSPS) is 25.0. The Kier molecular flexibility index (Phi) is 3.60. The average molecular weight is 301 g/mol. The second-order valence-electron chi connectivity index (χ2n) is 6.08. The number of urea groups is 1. The number of nitrogens with one attached hydrogen (secondary N) is 3. The number of benzene rings is 1. The molecule has 6 nitrogen and oxygen atoms in total. The van der Waals surface area contributed by atoms with Crippen LogP contribution in [0.5, 0.6) is 0 Å². The van der Waals surface area contributed by atoms with E-state index in [1.165, 1.54) is 0 Å². The zero-order valence-electron chi connectivity index (χ0n) is 12.4. The van der Waals surface area contributed by atoms with Crippen LogP contribution in [0.4, 0.5) is 10.5 Å². The summed E-state index contributed by atoms with van der Waals surface area (Å²) in [5.74, 6) is -0.208. The molecular weight excluding hydrogens is 282 g/mol. The van der Waals surface area contributed by atoms with E-state index in [2.05, 4.69) is 16.0 Å². The number of amides is 4. The number of carbonyl (C=O) groups is 3. The van der Waals surface area contributed by atoms with E-state index in [1.54, 1.807) is 31.2 Å². The van der Waals surface area contributed by atoms with Gasteiger partial charge in [-0.3, -0.25) is 14.9 Å². The molecule has 1 heterocycles. The van der Waals surface area contributed by atoms with Crippen molar-refractivity contribution >= 4 is 23.5 Å². The van der Waals surface area contributed by atoms with Crippen LogP contribution in [0.3, 0.4) is 0 Å². The van der Waals surface area contributed by atoms with Gasteiger partial charge in [0.15, 0.2) is 0 Å². The van der Waals surface area contributed by atoms with E-state index < -0.39 is 11.6 Å². The van der Waals surface area contributed by atoms with Crippen molar-refractivity contribution in [1.82, 2.24) is 10.6 Å². The van der Waals surface area contributed by atoms with Gasteiger partial charge in [-0.2, -0.15) is 0 Å². The van der Waals surface area contributed by atoms with Crippen molar-refractivity contribution in [1.29, 1.82) is 0 Å². The fourth-order valence-electron chi connectivity index (χ4n) is 3.07. The summed E-state index contributed by atoms with van der Waals surface area (Å²) in [6.07, 6.45) is 4.14. The van der Waals surface area contributed by atoms with Crippen LogP contribution < -0.4 is 16.0 Å². The fraction of sp³-hybridized carbons (Fsp3) is 0.438. The van der Waals surface area contributed by atoms with Gasteiger partial charge >= 0.3 is 6.03 Å². The Morgan fingerprint density at radius 2 is 1.82 bits per heavy atom. The maximum Gasteiger partial charge on any atom is 0.322 e. The fourth-order valence-corrected chi connectivity index (χ4v) is 3.07. The number of carbonyl (C=O) groups excluding carboxylic acids is 3. The topological polar surface area (TPSA) is 87.3 Å². The third-order valence-electron chi connectivity index (χ3n) is 4.50. The number of hydrogen-bond donors (Lipinski definition) is 3. The molecule has 0 aromatic heterocycles. The molecule has 1 atom stereocenters. The minimum atomic E-state index is -1.06. The zero-order chi connectivity index (χ0) is 15.7. The van der Waals surface area contributed by atoms with Crippen LogP contribution in [-0.2, 0) is 15.1 Å². The van der Waals surface area contributed by atoms with E-state index in [1.807, 2.05) is 0 Å². The van der Waals surface area contributed by atoms with Crippen molar-refractivity contribution in [3.63, 3.8) is 0 Å². The smallest absolute Gasteiger partial charge is 0.322 e. The summed E-state index contributed by atoms with van der Waals surface area (Å²) < 4.78 is 0. The van der Waals surface area contributed by atoms with Crippen LogP contribution in [0.1, 0.15) is 38.2 Å². The molecule has 0 spiro atoms. The van der Waals surface area contributed by atoms with Crippen molar-refractivity contribution in [3.8, 4) is 0 Å². The van der Waals surface area contributed by atoms with Gasteiger partial charge < -0.3 is 10.6 Å². The van der Waals surface area contributed by atoms with Gasteiger partial charge in [0, 0.05) is 11.6 Å². The van der Waals surface area contributed by atoms with Crippen molar-refractivity contribution in [2.45, 2.75) is 38.1 Å². The lowest BCUT2D eigenvalue weighted by Gasteiger charge is -2.21. The molecule has 1 aliphatic heterocycles. The molecular formula is C16H19N3O3. The van der Waals surface area contributed by atoms with Gasteiger partial charge in [0.1, 0.15) is 5.54 Å². The lowest BCUT2D eigenvalue weighted by molar-refractivity contribution is -0.123. The molecule has 6 heteroatoms. The summed E-state index contributed by atoms with van der Waals surface area (Å²) >= 11 is 0. The average Bonchev–Trinajstić information content (AvgIpc) is 3.09. The monoisotopic (exact) mass is 301 g/mol. The van der Waals surface area contributed by atoms with Crippen LogP contribution in [0.15, 0.2) is 24.3 Å². The first-order valence-electron chi connectivity index (χ1n) is 7.54. The number of hydrogen-bond acceptors (Lipinski definition) is 3. The molecule has 0 unspecified atom stereocenters. The van der Waals surface area contributed by atoms with Gasteiger partial charge in [0.25, 0.3) is 5.91 Å². The summed E-state index contributed by atoms with van der Waals surface area (Å²) in [6, 6.07) is 6.51. The molecule has 4 amide bonds. The SMILES string of the molecule is C[C@]1(c2ccc(NC(=O)C3CCCC3)cc2)NC(=O)NC1=O. The number of anilines is 1. The van der Waals surface area contributed by atoms with Crippen LogP contribution in [0.25, 0.3) is 0 Å². The molecule has 3 rings (SSSR count). The summed E-state index contributed by atoms with van der Waals surface area (Å²) in [4.78, 5) is 35.3. The molecule has 22 heavy (non-hydrogen) atoms. The van der Waals surface area contributed by atoms with Crippen molar-refractivity contribution in [2.24, 2.45) is 5.92 Å². The largest absolute Gasteiger partial charge is 0.326 e. The molecule has 1 aromatic rings. The lowest BCUT2D eigenvalue weighted by Crippen LogP contribution is -2.40. The number of rotatable bonds is 3. The predicted octanol–water partition coefficient (Wildman–Crippen LogP) is 1.87.